The zero-order valence-electron chi connectivity index (χ0n) is 9.90. The summed E-state index contributed by atoms with van der Waals surface area (Å²) in [5.41, 5.74) is 0.617. The molecule has 1 saturated heterocycles. The largest absolute Gasteiger partial charge is 0.315 e. The van der Waals surface area contributed by atoms with Crippen molar-refractivity contribution in [3.05, 3.63) is 39.9 Å². The maximum Gasteiger partial charge on any atom is 0.262 e. The zero-order valence-corrected chi connectivity index (χ0v) is 10.7. The van der Waals surface area contributed by atoms with Gasteiger partial charge in [0.15, 0.2) is 0 Å². The molecule has 2 heterocycles. The Kier molecular flexibility index (Phi) is 3.06. The minimum atomic E-state index is -0.0423. The highest BCUT2D eigenvalue weighted by molar-refractivity contribution is 6.28. The van der Waals surface area contributed by atoms with Crippen molar-refractivity contribution in [2.24, 2.45) is 0 Å². The third-order valence-electron chi connectivity index (χ3n) is 3.40. The Labute approximate surface area is 110 Å². The fraction of sp³-hybridized carbons (Fsp3) is 0.385. The van der Waals surface area contributed by atoms with Crippen molar-refractivity contribution in [1.82, 2.24) is 14.9 Å². The van der Waals surface area contributed by atoms with Gasteiger partial charge in [-0.1, -0.05) is 12.1 Å². The van der Waals surface area contributed by atoms with E-state index in [1.165, 1.54) is 0 Å². The molecule has 1 aromatic carbocycles. The Bertz CT molecular complexity index is 632. The van der Waals surface area contributed by atoms with Crippen molar-refractivity contribution in [2.45, 2.75) is 18.9 Å². The van der Waals surface area contributed by atoms with Gasteiger partial charge in [-0.3, -0.25) is 9.36 Å². The van der Waals surface area contributed by atoms with E-state index in [-0.39, 0.29) is 16.9 Å². The topological polar surface area (TPSA) is 46.9 Å². The van der Waals surface area contributed by atoms with Crippen LogP contribution < -0.4 is 10.9 Å². The number of nitrogens with one attached hydrogen (secondary N) is 1. The number of hydrogen-bond donors (Lipinski definition) is 1. The molecule has 0 amide bonds. The van der Waals surface area contributed by atoms with Gasteiger partial charge in [0.25, 0.3) is 5.56 Å². The minimum absolute atomic E-state index is 0.0423. The number of benzene rings is 1. The molecular formula is C13H14ClN3O. The maximum atomic E-state index is 12.5. The van der Waals surface area contributed by atoms with Crippen molar-refractivity contribution in [3.8, 4) is 0 Å². The lowest BCUT2D eigenvalue weighted by atomic mass is 10.1. The van der Waals surface area contributed by atoms with E-state index in [0.29, 0.717) is 10.9 Å². The van der Waals surface area contributed by atoms with E-state index < -0.39 is 0 Å². The van der Waals surface area contributed by atoms with Crippen molar-refractivity contribution in [3.63, 3.8) is 0 Å². The lowest BCUT2D eigenvalue weighted by Crippen LogP contribution is -2.37. The van der Waals surface area contributed by atoms with Crippen LogP contribution in [0.5, 0.6) is 0 Å². The Balaban J connectivity index is 2.19. The van der Waals surface area contributed by atoms with Gasteiger partial charge >= 0.3 is 0 Å². The first kappa shape index (κ1) is 11.7. The molecule has 0 radical (unpaired) electrons. The summed E-state index contributed by atoms with van der Waals surface area (Å²) in [6.45, 7) is 1.78. The highest BCUT2D eigenvalue weighted by Gasteiger charge is 2.20. The molecule has 0 bridgehead atoms. The van der Waals surface area contributed by atoms with E-state index in [1.807, 2.05) is 18.2 Å². The second kappa shape index (κ2) is 4.71. The van der Waals surface area contributed by atoms with Crippen LogP contribution in [0.2, 0.25) is 5.28 Å². The summed E-state index contributed by atoms with van der Waals surface area (Å²) < 4.78 is 1.62. The van der Waals surface area contributed by atoms with Gasteiger partial charge in [0, 0.05) is 6.54 Å². The molecule has 1 aliphatic heterocycles. The van der Waals surface area contributed by atoms with Crippen LogP contribution in [0.1, 0.15) is 18.9 Å². The van der Waals surface area contributed by atoms with E-state index in [4.69, 9.17) is 11.6 Å². The summed E-state index contributed by atoms with van der Waals surface area (Å²) in [6.07, 6.45) is 2.02. The first-order valence-corrected chi connectivity index (χ1v) is 6.52. The Morgan fingerprint density at radius 1 is 1.39 bits per heavy atom. The summed E-state index contributed by atoms with van der Waals surface area (Å²) in [7, 11) is 0. The number of aromatic nitrogens is 2. The standard InChI is InChI=1S/C13H14ClN3O/c14-13-16-11-6-2-1-5-10(11)12(18)17(13)9-4-3-7-15-8-9/h1-2,5-6,9,15H,3-4,7-8H2. The molecule has 5 heteroatoms. The van der Waals surface area contributed by atoms with Crippen molar-refractivity contribution < 1.29 is 0 Å². The average Bonchev–Trinajstić information content (AvgIpc) is 2.40. The van der Waals surface area contributed by atoms with Gasteiger partial charge in [-0.05, 0) is 43.1 Å². The van der Waals surface area contributed by atoms with Crippen LogP contribution >= 0.6 is 11.6 Å². The predicted octanol–water partition coefficient (Wildman–Crippen LogP) is 1.97. The fourth-order valence-electron chi connectivity index (χ4n) is 2.49. The molecule has 1 unspecified atom stereocenters. The smallest absolute Gasteiger partial charge is 0.262 e. The zero-order chi connectivity index (χ0) is 12.5. The molecule has 94 valence electrons. The number of rotatable bonds is 1. The number of para-hydroxylation sites is 1. The second-order valence-corrected chi connectivity index (χ2v) is 4.91. The Hall–Kier alpha value is -1.39. The van der Waals surface area contributed by atoms with E-state index >= 15 is 0 Å². The van der Waals surface area contributed by atoms with Crippen LogP contribution in [-0.4, -0.2) is 22.6 Å². The van der Waals surface area contributed by atoms with E-state index in [1.54, 1.807) is 10.6 Å². The maximum absolute atomic E-state index is 12.5. The normalized spacial score (nSPS) is 20.2. The number of fused-ring (bicyclic) bond motifs is 1. The van der Waals surface area contributed by atoms with Gasteiger partial charge < -0.3 is 5.32 Å². The molecular weight excluding hydrogens is 250 g/mol. The van der Waals surface area contributed by atoms with Gasteiger partial charge in [0.2, 0.25) is 5.28 Å². The van der Waals surface area contributed by atoms with Crippen LogP contribution in [0, 0.1) is 0 Å². The molecule has 3 rings (SSSR count). The van der Waals surface area contributed by atoms with Crippen LogP contribution in [0.3, 0.4) is 0 Å². The fourth-order valence-corrected chi connectivity index (χ4v) is 2.79. The van der Waals surface area contributed by atoms with E-state index in [9.17, 15) is 4.79 Å². The first-order chi connectivity index (χ1) is 8.77. The molecule has 2 aromatic rings. The number of piperidine rings is 1. The van der Waals surface area contributed by atoms with E-state index in [2.05, 4.69) is 10.3 Å². The van der Waals surface area contributed by atoms with Crippen LogP contribution in [0.4, 0.5) is 0 Å². The number of hydrogen-bond acceptors (Lipinski definition) is 3. The number of nitrogens with zero attached hydrogens (tertiary/aromatic N) is 2. The minimum Gasteiger partial charge on any atom is -0.315 e. The lowest BCUT2D eigenvalue weighted by molar-refractivity contribution is 0.363. The summed E-state index contributed by atoms with van der Waals surface area (Å²) in [4.78, 5) is 16.8. The van der Waals surface area contributed by atoms with Crippen molar-refractivity contribution >= 4 is 22.5 Å². The molecule has 0 saturated carbocycles. The summed E-state index contributed by atoms with van der Waals surface area (Å²) in [5, 5.41) is 4.21. The SMILES string of the molecule is O=c1c2ccccc2nc(Cl)n1C1CCCNC1. The molecule has 4 nitrogen and oxygen atoms in total. The highest BCUT2D eigenvalue weighted by atomic mass is 35.5. The van der Waals surface area contributed by atoms with Gasteiger partial charge in [-0.2, -0.15) is 0 Å². The molecule has 0 spiro atoms. The summed E-state index contributed by atoms with van der Waals surface area (Å²) >= 11 is 6.17. The van der Waals surface area contributed by atoms with Gasteiger partial charge in [0.05, 0.1) is 16.9 Å². The Morgan fingerprint density at radius 3 is 3.00 bits per heavy atom. The molecule has 0 aliphatic carbocycles. The van der Waals surface area contributed by atoms with Crippen LogP contribution in [0.25, 0.3) is 10.9 Å². The van der Waals surface area contributed by atoms with E-state index in [0.717, 1.165) is 25.9 Å². The molecule has 1 atom stereocenters. The summed E-state index contributed by atoms with van der Waals surface area (Å²) in [6, 6.07) is 7.43. The van der Waals surface area contributed by atoms with Crippen molar-refractivity contribution in [2.75, 3.05) is 13.1 Å². The van der Waals surface area contributed by atoms with Crippen LogP contribution in [-0.2, 0) is 0 Å². The first-order valence-electron chi connectivity index (χ1n) is 6.15. The predicted molar refractivity (Wildman–Crippen MR) is 72.2 cm³/mol. The molecule has 18 heavy (non-hydrogen) atoms. The quantitative estimate of drug-likeness (QED) is 0.801. The second-order valence-electron chi connectivity index (χ2n) is 4.57. The van der Waals surface area contributed by atoms with Gasteiger partial charge in [-0.15, -0.1) is 0 Å². The molecule has 1 aromatic heterocycles. The van der Waals surface area contributed by atoms with Crippen molar-refractivity contribution in [1.29, 1.82) is 0 Å². The van der Waals surface area contributed by atoms with Crippen LogP contribution in [0.15, 0.2) is 29.1 Å². The van der Waals surface area contributed by atoms with Gasteiger partial charge in [-0.25, -0.2) is 4.98 Å². The van der Waals surface area contributed by atoms with Gasteiger partial charge in [0.1, 0.15) is 0 Å². The molecule has 1 aliphatic rings. The lowest BCUT2D eigenvalue weighted by Gasteiger charge is -2.25. The average molecular weight is 264 g/mol. The highest BCUT2D eigenvalue weighted by Crippen LogP contribution is 2.20. The third-order valence-corrected chi connectivity index (χ3v) is 3.67. The molecule has 1 fully saturated rings. The third kappa shape index (κ3) is 1.91. The Morgan fingerprint density at radius 2 is 2.22 bits per heavy atom. The summed E-state index contributed by atoms with van der Waals surface area (Å²) in [5.74, 6) is 0. The molecule has 1 N–H and O–H groups in total. The monoisotopic (exact) mass is 263 g/mol. The number of halogens is 1.